The van der Waals surface area contributed by atoms with Crippen molar-refractivity contribution in [2.45, 2.75) is 6.92 Å². The van der Waals surface area contributed by atoms with Crippen molar-refractivity contribution in [3.05, 3.63) is 82.9 Å². The van der Waals surface area contributed by atoms with Gasteiger partial charge in [0.1, 0.15) is 11.6 Å². The van der Waals surface area contributed by atoms with Crippen LogP contribution in [0.25, 0.3) is 10.8 Å². The fraction of sp³-hybridized carbons (Fsp3) is 0.0556. The molecule has 1 nitrogen and oxygen atoms in total. The Hall–Kier alpha value is -2.55. The summed E-state index contributed by atoms with van der Waals surface area (Å²) in [5.41, 5.74) is 0.808. The zero-order valence-electron chi connectivity index (χ0n) is 11.4. The molecule has 3 heteroatoms. The Morgan fingerprint density at radius 1 is 0.810 bits per heavy atom. The summed E-state index contributed by atoms with van der Waals surface area (Å²) >= 11 is 0. The molecule has 0 saturated carbocycles. The number of carbonyl (C=O) groups excluding carboxylic acids is 1. The standard InChI is InChI=1S/C18H12F2O/c1-11-9-10-14(13-6-3-2-5-12(11)13)18(21)17-15(19)7-4-8-16(17)20/h2-10H,1H3. The van der Waals surface area contributed by atoms with Gasteiger partial charge in [-0.25, -0.2) is 8.78 Å². The Kier molecular flexibility index (Phi) is 3.26. The van der Waals surface area contributed by atoms with Gasteiger partial charge in [0.25, 0.3) is 0 Å². The zero-order chi connectivity index (χ0) is 15.0. The number of fused-ring (bicyclic) bond motifs is 1. The first-order valence-electron chi connectivity index (χ1n) is 6.56. The Balaban J connectivity index is 2.26. The molecule has 0 N–H and O–H groups in total. The van der Waals surface area contributed by atoms with Crippen LogP contribution in [-0.2, 0) is 0 Å². The van der Waals surface area contributed by atoms with E-state index in [1.807, 2.05) is 19.1 Å². The van der Waals surface area contributed by atoms with Crippen LogP contribution in [0, 0.1) is 18.6 Å². The lowest BCUT2D eigenvalue weighted by Crippen LogP contribution is -2.08. The van der Waals surface area contributed by atoms with Crippen molar-refractivity contribution in [2.75, 3.05) is 0 Å². The average molecular weight is 282 g/mol. The highest BCUT2D eigenvalue weighted by atomic mass is 19.1. The lowest BCUT2D eigenvalue weighted by molar-refractivity contribution is 0.103. The smallest absolute Gasteiger partial charge is 0.199 e. The van der Waals surface area contributed by atoms with E-state index in [2.05, 4.69) is 0 Å². The highest BCUT2D eigenvalue weighted by Gasteiger charge is 2.20. The van der Waals surface area contributed by atoms with Gasteiger partial charge in [0, 0.05) is 5.56 Å². The van der Waals surface area contributed by atoms with Crippen molar-refractivity contribution >= 4 is 16.6 Å². The van der Waals surface area contributed by atoms with Crippen LogP contribution >= 0.6 is 0 Å². The topological polar surface area (TPSA) is 17.1 Å². The fourth-order valence-electron chi connectivity index (χ4n) is 2.50. The van der Waals surface area contributed by atoms with E-state index in [9.17, 15) is 13.6 Å². The molecular weight excluding hydrogens is 270 g/mol. The number of aryl methyl sites for hydroxylation is 1. The second kappa shape index (κ2) is 5.09. The monoisotopic (exact) mass is 282 g/mol. The number of carbonyl (C=O) groups is 1. The van der Waals surface area contributed by atoms with Crippen molar-refractivity contribution < 1.29 is 13.6 Å². The van der Waals surface area contributed by atoms with Gasteiger partial charge in [-0.15, -0.1) is 0 Å². The van der Waals surface area contributed by atoms with E-state index in [-0.39, 0.29) is 0 Å². The van der Waals surface area contributed by atoms with Gasteiger partial charge in [0.2, 0.25) is 0 Å². The lowest BCUT2D eigenvalue weighted by Gasteiger charge is -2.09. The van der Waals surface area contributed by atoms with Gasteiger partial charge in [-0.1, -0.05) is 42.5 Å². The quantitative estimate of drug-likeness (QED) is 0.625. The first kappa shape index (κ1) is 13.4. The van der Waals surface area contributed by atoms with E-state index in [1.54, 1.807) is 24.3 Å². The summed E-state index contributed by atoms with van der Waals surface area (Å²) < 4.78 is 27.6. The molecule has 0 bridgehead atoms. The van der Waals surface area contributed by atoms with E-state index < -0.39 is 23.0 Å². The molecule has 21 heavy (non-hydrogen) atoms. The minimum atomic E-state index is -0.843. The highest BCUT2D eigenvalue weighted by Crippen LogP contribution is 2.26. The van der Waals surface area contributed by atoms with Crippen LogP contribution < -0.4 is 0 Å². The summed E-state index contributed by atoms with van der Waals surface area (Å²) in [6.07, 6.45) is 0. The van der Waals surface area contributed by atoms with Gasteiger partial charge in [0.15, 0.2) is 5.78 Å². The summed E-state index contributed by atoms with van der Waals surface area (Å²) in [4.78, 5) is 12.5. The van der Waals surface area contributed by atoms with E-state index in [1.165, 1.54) is 6.07 Å². The van der Waals surface area contributed by atoms with Gasteiger partial charge < -0.3 is 0 Å². The molecule has 0 heterocycles. The van der Waals surface area contributed by atoms with Gasteiger partial charge in [-0.3, -0.25) is 4.79 Å². The van der Waals surface area contributed by atoms with Crippen LogP contribution in [0.5, 0.6) is 0 Å². The van der Waals surface area contributed by atoms with Crippen molar-refractivity contribution in [3.8, 4) is 0 Å². The molecule has 104 valence electrons. The number of benzene rings is 3. The van der Waals surface area contributed by atoms with E-state index in [0.29, 0.717) is 10.9 Å². The molecule has 0 aliphatic rings. The Morgan fingerprint density at radius 2 is 1.43 bits per heavy atom. The van der Waals surface area contributed by atoms with Gasteiger partial charge in [-0.05, 0) is 35.4 Å². The van der Waals surface area contributed by atoms with Crippen LogP contribution in [0.4, 0.5) is 8.78 Å². The molecule has 0 aromatic heterocycles. The maximum absolute atomic E-state index is 13.8. The summed E-state index contributed by atoms with van der Waals surface area (Å²) in [5, 5.41) is 1.60. The predicted octanol–water partition coefficient (Wildman–Crippen LogP) is 4.66. The molecule has 0 aliphatic heterocycles. The van der Waals surface area contributed by atoms with Gasteiger partial charge in [0.05, 0.1) is 5.56 Å². The van der Waals surface area contributed by atoms with Crippen LogP contribution in [0.2, 0.25) is 0 Å². The molecule has 0 amide bonds. The van der Waals surface area contributed by atoms with Gasteiger partial charge in [-0.2, -0.15) is 0 Å². The zero-order valence-corrected chi connectivity index (χ0v) is 11.4. The number of hydrogen-bond acceptors (Lipinski definition) is 1. The second-order valence-electron chi connectivity index (χ2n) is 4.90. The molecule has 0 aliphatic carbocycles. The third-order valence-corrected chi connectivity index (χ3v) is 3.58. The first-order chi connectivity index (χ1) is 10.1. The molecule has 0 unspecified atom stereocenters. The number of ketones is 1. The largest absolute Gasteiger partial charge is 0.288 e. The predicted molar refractivity (Wildman–Crippen MR) is 78.5 cm³/mol. The molecule has 3 rings (SSSR count). The van der Waals surface area contributed by atoms with E-state index >= 15 is 0 Å². The van der Waals surface area contributed by atoms with Crippen LogP contribution in [0.15, 0.2) is 54.6 Å². The lowest BCUT2D eigenvalue weighted by atomic mass is 9.94. The first-order valence-corrected chi connectivity index (χ1v) is 6.56. The third-order valence-electron chi connectivity index (χ3n) is 3.58. The average Bonchev–Trinajstić information content (AvgIpc) is 2.47. The molecule has 0 fully saturated rings. The summed E-state index contributed by atoms with van der Waals surface area (Å²) in [6.45, 7) is 1.93. The Morgan fingerprint density at radius 3 is 2.10 bits per heavy atom. The maximum atomic E-state index is 13.8. The second-order valence-corrected chi connectivity index (χ2v) is 4.90. The third kappa shape index (κ3) is 2.21. The van der Waals surface area contributed by atoms with Crippen molar-refractivity contribution in [3.63, 3.8) is 0 Å². The summed E-state index contributed by atoms with van der Waals surface area (Å²) in [7, 11) is 0. The van der Waals surface area contributed by atoms with Crippen molar-refractivity contribution in [1.29, 1.82) is 0 Å². The highest BCUT2D eigenvalue weighted by molar-refractivity contribution is 6.17. The minimum Gasteiger partial charge on any atom is -0.288 e. The van der Waals surface area contributed by atoms with E-state index in [4.69, 9.17) is 0 Å². The van der Waals surface area contributed by atoms with E-state index in [0.717, 1.165) is 23.1 Å². The SMILES string of the molecule is Cc1ccc(C(=O)c2c(F)cccc2F)c2ccccc12. The summed E-state index contributed by atoms with van der Waals surface area (Å²) in [5.74, 6) is -2.32. The fourth-order valence-corrected chi connectivity index (χ4v) is 2.50. The van der Waals surface area contributed by atoms with Crippen LogP contribution in [-0.4, -0.2) is 5.78 Å². The molecule has 0 radical (unpaired) electrons. The van der Waals surface area contributed by atoms with Crippen molar-refractivity contribution in [1.82, 2.24) is 0 Å². The number of halogens is 2. The normalized spacial score (nSPS) is 10.8. The molecule has 0 atom stereocenters. The number of rotatable bonds is 2. The van der Waals surface area contributed by atoms with Crippen LogP contribution in [0.1, 0.15) is 21.5 Å². The van der Waals surface area contributed by atoms with Crippen molar-refractivity contribution in [2.24, 2.45) is 0 Å². The Bertz CT molecular complexity index is 833. The Labute approximate surface area is 120 Å². The summed E-state index contributed by atoms with van der Waals surface area (Å²) in [6, 6.07) is 14.2. The molecule has 0 spiro atoms. The molecule has 3 aromatic carbocycles. The molecular formula is C18H12F2O. The minimum absolute atomic E-state index is 0.306. The maximum Gasteiger partial charge on any atom is 0.199 e. The molecule has 3 aromatic rings. The van der Waals surface area contributed by atoms with Crippen LogP contribution in [0.3, 0.4) is 0 Å². The van der Waals surface area contributed by atoms with Gasteiger partial charge >= 0.3 is 0 Å². The molecule has 0 saturated heterocycles. The number of hydrogen-bond donors (Lipinski definition) is 0.